The number of hydrogen-bond donors (Lipinski definition) is 0. The van der Waals surface area contributed by atoms with Gasteiger partial charge in [0, 0.05) is 5.56 Å². The van der Waals surface area contributed by atoms with Crippen molar-refractivity contribution in [1.29, 1.82) is 0 Å². The SMILES string of the molecule is CSc1c(OS(=O)(=O)C(F)(F)F)c(C)c2c(C)c(C)c(C)c(C)c2c1C. The van der Waals surface area contributed by atoms with E-state index < -0.39 is 15.6 Å². The molecule has 0 N–H and O–H groups in total. The van der Waals surface area contributed by atoms with Gasteiger partial charge < -0.3 is 4.18 Å². The molecule has 0 fully saturated rings. The first kappa shape index (κ1) is 20.9. The number of thioether (sulfide) groups is 1. The van der Waals surface area contributed by atoms with Crippen LogP contribution in [0.4, 0.5) is 13.2 Å². The Bertz CT molecular complexity index is 1010. The number of hydrogen-bond acceptors (Lipinski definition) is 4. The van der Waals surface area contributed by atoms with Crippen molar-refractivity contribution in [2.75, 3.05) is 6.26 Å². The van der Waals surface area contributed by atoms with Crippen LogP contribution in [0.1, 0.15) is 33.4 Å². The molecule has 0 aliphatic rings. The minimum atomic E-state index is -5.75. The van der Waals surface area contributed by atoms with Crippen molar-refractivity contribution in [2.24, 2.45) is 0 Å². The van der Waals surface area contributed by atoms with Crippen LogP contribution in [0.5, 0.6) is 5.75 Å². The lowest BCUT2D eigenvalue weighted by Gasteiger charge is -2.23. The monoisotopic (exact) mass is 406 g/mol. The van der Waals surface area contributed by atoms with Gasteiger partial charge in [0.05, 0.1) is 4.90 Å². The average Bonchev–Trinajstić information content (AvgIpc) is 2.52. The van der Waals surface area contributed by atoms with Crippen LogP contribution in [0.25, 0.3) is 10.8 Å². The minimum absolute atomic E-state index is 0.245. The van der Waals surface area contributed by atoms with E-state index in [-0.39, 0.29) is 5.75 Å². The fourth-order valence-electron chi connectivity index (χ4n) is 3.32. The zero-order chi connectivity index (χ0) is 20.2. The Morgan fingerprint density at radius 1 is 0.769 bits per heavy atom. The Balaban J connectivity index is 3.01. The van der Waals surface area contributed by atoms with Crippen LogP contribution in [0.15, 0.2) is 4.90 Å². The number of fused-ring (bicyclic) bond motifs is 1. The molecule has 2 aromatic rings. The van der Waals surface area contributed by atoms with Crippen LogP contribution < -0.4 is 4.18 Å². The van der Waals surface area contributed by atoms with Gasteiger partial charge in [-0.25, -0.2) is 0 Å². The van der Waals surface area contributed by atoms with E-state index in [9.17, 15) is 21.6 Å². The standard InChI is InChI=1S/C18H21F3O3S2/c1-8-9(2)11(4)15-13(6)17(25-7)16(12(5)14(15)10(8)3)24-26(22,23)18(19,20)21/h1-7H3. The summed E-state index contributed by atoms with van der Waals surface area (Å²) >= 11 is 1.17. The maximum atomic E-state index is 12.8. The molecule has 0 radical (unpaired) electrons. The molecule has 26 heavy (non-hydrogen) atoms. The third-order valence-electron chi connectivity index (χ3n) is 5.01. The van der Waals surface area contributed by atoms with Crippen LogP contribution in [0.2, 0.25) is 0 Å². The normalized spacial score (nSPS) is 12.7. The molecule has 0 saturated heterocycles. The van der Waals surface area contributed by atoms with Crippen molar-refractivity contribution in [1.82, 2.24) is 0 Å². The van der Waals surface area contributed by atoms with Crippen LogP contribution >= 0.6 is 11.8 Å². The first-order chi connectivity index (χ1) is 11.8. The Morgan fingerprint density at radius 3 is 1.58 bits per heavy atom. The molecular weight excluding hydrogens is 385 g/mol. The van der Waals surface area contributed by atoms with Gasteiger partial charge in [-0.15, -0.1) is 11.8 Å². The Kier molecular flexibility index (Phi) is 5.33. The molecular formula is C18H21F3O3S2. The summed E-state index contributed by atoms with van der Waals surface area (Å²) in [5.41, 5.74) is -0.290. The molecule has 0 spiro atoms. The molecule has 2 rings (SSSR count). The van der Waals surface area contributed by atoms with Crippen LogP contribution in [0, 0.1) is 41.5 Å². The number of alkyl halides is 3. The van der Waals surface area contributed by atoms with Gasteiger partial charge in [-0.05, 0) is 86.4 Å². The molecule has 0 bridgehead atoms. The lowest BCUT2D eigenvalue weighted by atomic mass is 9.87. The second-order valence-electron chi connectivity index (χ2n) is 6.35. The highest BCUT2D eigenvalue weighted by atomic mass is 32.2. The number of rotatable bonds is 3. The van der Waals surface area contributed by atoms with E-state index in [2.05, 4.69) is 4.18 Å². The predicted molar refractivity (Wildman–Crippen MR) is 99.8 cm³/mol. The van der Waals surface area contributed by atoms with Gasteiger partial charge in [-0.3, -0.25) is 0 Å². The smallest absolute Gasteiger partial charge is 0.375 e. The third-order valence-corrected chi connectivity index (χ3v) is 6.86. The summed E-state index contributed by atoms with van der Waals surface area (Å²) in [5.74, 6) is -0.245. The molecule has 3 nitrogen and oxygen atoms in total. The average molecular weight is 406 g/mol. The lowest BCUT2D eigenvalue weighted by Crippen LogP contribution is -2.28. The summed E-state index contributed by atoms with van der Waals surface area (Å²) in [4.78, 5) is 0.397. The van der Waals surface area contributed by atoms with Gasteiger partial charge in [-0.2, -0.15) is 21.6 Å². The molecule has 144 valence electrons. The maximum absolute atomic E-state index is 12.8. The first-order valence-electron chi connectivity index (χ1n) is 7.84. The van der Waals surface area contributed by atoms with Crippen LogP contribution in [-0.4, -0.2) is 20.2 Å². The van der Waals surface area contributed by atoms with Crippen LogP contribution in [0.3, 0.4) is 0 Å². The molecule has 2 aromatic carbocycles. The van der Waals surface area contributed by atoms with E-state index in [0.717, 1.165) is 33.0 Å². The predicted octanol–water partition coefficient (Wildman–Crippen LogP) is 5.64. The largest absolute Gasteiger partial charge is 0.534 e. The van der Waals surface area contributed by atoms with E-state index in [1.54, 1.807) is 20.1 Å². The summed E-state index contributed by atoms with van der Waals surface area (Å²) in [5, 5.41) is 1.68. The lowest BCUT2D eigenvalue weighted by molar-refractivity contribution is -0.0501. The Labute approximate surface area is 156 Å². The molecule has 0 heterocycles. The molecule has 0 saturated carbocycles. The van der Waals surface area contributed by atoms with Crippen molar-refractivity contribution in [3.63, 3.8) is 0 Å². The van der Waals surface area contributed by atoms with E-state index in [4.69, 9.17) is 0 Å². The second-order valence-corrected chi connectivity index (χ2v) is 8.70. The first-order valence-corrected chi connectivity index (χ1v) is 10.5. The number of aryl methyl sites for hydroxylation is 4. The highest BCUT2D eigenvalue weighted by Crippen LogP contribution is 2.45. The van der Waals surface area contributed by atoms with Crippen molar-refractivity contribution in [2.45, 2.75) is 51.9 Å². The number of benzene rings is 2. The highest BCUT2D eigenvalue weighted by Gasteiger charge is 2.49. The molecule has 8 heteroatoms. The van der Waals surface area contributed by atoms with E-state index in [0.29, 0.717) is 16.0 Å². The highest BCUT2D eigenvalue weighted by molar-refractivity contribution is 7.98. The van der Waals surface area contributed by atoms with Crippen LogP contribution in [-0.2, 0) is 10.1 Å². The van der Waals surface area contributed by atoms with Crippen molar-refractivity contribution in [3.05, 3.63) is 33.4 Å². The minimum Gasteiger partial charge on any atom is -0.375 e. The van der Waals surface area contributed by atoms with Gasteiger partial charge >= 0.3 is 15.6 Å². The molecule has 0 aliphatic carbocycles. The maximum Gasteiger partial charge on any atom is 0.534 e. The number of halogens is 3. The summed E-state index contributed by atoms with van der Waals surface area (Å²) in [6.45, 7) is 11.2. The Morgan fingerprint density at radius 2 is 1.19 bits per heavy atom. The fraction of sp³-hybridized carbons (Fsp3) is 0.444. The van der Waals surface area contributed by atoms with Gasteiger partial charge in [0.1, 0.15) is 0 Å². The summed E-state index contributed by atoms with van der Waals surface area (Å²) in [6, 6.07) is 0. The molecule has 0 unspecified atom stereocenters. The quantitative estimate of drug-likeness (QED) is 0.376. The van der Waals surface area contributed by atoms with E-state index in [1.807, 2.05) is 27.7 Å². The summed E-state index contributed by atoms with van der Waals surface area (Å²) in [7, 11) is -5.75. The Hall–Kier alpha value is -1.41. The van der Waals surface area contributed by atoms with E-state index in [1.165, 1.54) is 11.8 Å². The molecule has 0 aromatic heterocycles. The van der Waals surface area contributed by atoms with E-state index >= 15 is 0 Å². The van der Waals surface area contributed by atoms with Crippen molar-refractivity contribution in [3.8, 4) is 5.75 Å². The molecule has 0 amide bonds. The van der Waals surface area contributed by atoms with Crippen molar-refractivity contribution >= 4 is 32.7 Å². The van der Waals surface area contributed by atoms with Crippen molar-refractivity contribution < 1.29 is 25.8 Å². The zero-order valence-electron chi connectivity index (χ0n) is 15.7. The third kappa shape index (κ3) is 3.07. The molecule has 0 aliphatic heterocycles. The topological polar surface area (TPSA) is 43.4 Å². The fourth-order valence-corrected chi connectivity index (χ4v) is 4.68. The summed E-state index contributed by atoms with van der Waals surface area (Å²) in [6.07, 6.45) is 1.68. The second kappa shape index (κ2) is 6.64. The van der Waals surface area contributed by atoms with Gasteiger partial charge in [0.15, 0.2) is 5.75 Å². The summed E-state index contributed by atoms with van der Waals surface area (Å²) < 4.78 is 66.3. The molecule has 0 atom stereocenters. The zero-order valence-corrected chi connectivity index (χ0v) is 17.3. The van der Waals surface area contributed by atoms with Gasteiger partial charge in [0.2, 0.25) is 0 Å². The van der Waals surface area contributed by atoms with Gasteiger partial charge in [-0.1, -0.05) is 0 Å². The van der Waals surface area contributed by atoms with Gasteiger partial charge in [0.25, 0.3) is 0 Å².